The Bertz CT molecular complexity index is 415. The topological polar surface area (TPSA) is 59.2 Å². The van der Waals surface area contributed by atoms with E-state index in [4.69, 9.17) is 5.73 Å². The number of nitrogens with zero attached hydrogens (tertiary/aromatic N) is 2. The van der Waals surface area contributed by atoms with Gasteiger partial charge < -0.3 is 10.6 Å². The third-order valence-electron chi connectivity index (χ3n) is 3.00. The summed E-state index contributed by atoms with van der Waals surface area (Å²) in [4.78, 5) is 17.7. The van der Waals surface area contributed by atoms with E-state index in [1.165, 1.54) is 12.3 Å². The number of anilines is 1. The second-order valence-electron chi connectivity index (χ2n) is 4.56. The Hall–Kier alpha value is -1.65. The van der Waals surface area contributed by atoms with E-state index in [1.807, 2.05) is 0 Å². The number of hydrogen-bond acceptors (Lipinski definition) is 3. The van der Waals surface area contributed by atoms with E-state index in [9.17, 15) is 9.18 Å². The first-order chi connectivity index (χ1) is 9.11. The quantitative estimate of drug-likeness (QED) is 0.826. The third-order valence-corrected chi connectivity index (χ3v) is 3.00. The largest absolute Gasteiger partial charge is 0.381 e. The monoisotopic (exact) mass is 267 g/mol. The molecule has 1 aromatic heterocycles. The zero-order chi connectivity index (χ0) is 14.3. The van der Waals surface area contributed by atoms with Gasteiger partial charge in [-0.2, -0.15) is 0 Å². The number of amides is 1. The highest BCUT2D eigenvalue weighted by Gasteiger charge is 2.20. The Morgan fingerprint density at radius 3 is 2.42 bits per heavy atom. The molecule has 0 aliphatic rings. The summed E-state index contributed by atoms with van der Waals surface area (Å²) in [7, 11) is 0. The Morgan fingerprint density at radius 2 is 1.89 bits per heavy atom. The van der Waals surface area contributed by atoms with Crippen LogP contribution in [0.25, 0.3) is 0 Å². The molecular formula is C14H22FN3O. The highest BCUT2D eigenvalue weighted by Crippen LogP contribution is 2.15. The molecule has 0 spiro atoms. The van der Waals surface area contributed by atoms with Crippen LogP contribution < -0.4 is 5.73 Å². The zero-order valence-corrected chi connectivity index (χ0v) is 11.7. The maximum absolute atomic E-state index is 13.8. The van der Waals surface area contributed by atoms with E-state index in [0.29, 0.717) is 13.1 Å². The standard InChI is InChI=1S/C14H22FN3O/c1-3-5-9-18(10-6-4-2)14(19)11-7-8-17-13(16)12(11)15/h7-8H,3-6,9-10H2,1-2H3,(H2,16,17). The average molecular weight is 267 g/mol. The van der Waals surface area contributed by atoms with Crippen LogP contribution in [0.5, 0.6) is 0 Å². The summed E-state index contributed by atoms with van der Waals surface area (Å²) in [6, 6.07) is 1.39. The minimum absolute atomic E-state index is 0.0136. The predicted octanol–water partition coefficient (Wildman–Crippen LogP) is 2.85. The van der Waals surface area contributed by atoms with Crippen molar-refractivity contribution in [2.75, 3.05) is 18.8 Å². The zero-order valence-electron chi connectivity index (χ0n) is 11.7. The molecule has 2 N–H and O–H groups in total. The van der Waals surface area contributed by atoms with Crippen molar-refractivity contribution in [1.29, 1.82) is 0 Å². The number of pyridine rings is 1. The summed E-state index contributed by atoms with van der Waals surface area (Å²) in [5, 5.41) is 0. The van der Waals surface area contributed by atoms with Crippen molar-refractivity contribution in [2.24, 2.45) is 0 Å². The summed E-state index contributed by atoms with van der Waals surface area (Å²) >= 11 is 0. The van der Waals surface area contributed by atoms with E-state index in [1.54, 1.807) is 4.90 Å². The summed E-state index contributed by atoms with van der Waals surface area (Å²) in [5.74, 6) is -1.24. The second kappa shape index (κ2) is 7.71. The average Bonchev–Trinajstić information content (AvgIpc) is 2.41. The number of nitrogen functional groups attached to an aromatic ring is 1. The molecule has 106 valence electrons. The van der Waals surface area contributed by atoms with E-state index in [-0.39, 0.29) is 17.3 Å². The Labute approximate surface area is 113 Å². The first-order valence-electron chi connectivity index (χ1n) is 6.81. The molecule has 4 nitrogen and oxygen atoms in total. The molecule has 0 aliphatic heterocycles. The van der Waals surface area contributed by atoms with Gasteiger partial charge in [0.25, 0.3) is 5.91 Å². The van der Waals surface area contributed by atoms with E-state index in [2.05, 4.69) is 18.8 Å². The van der Waals surface area contributed by atoms with Gasteiger partial charge >= 0.3 is 0 Å². The molecule has 0 saturated heterocycles. The van der Waals surface area contributed by atoms with Gasteiger partial charge in [-0.1, -0.05) is 26.7 Å². The molecule has 19 heavy (non-hydrogen) atoms. The van der Waals surface area contributed by atoms with Crippen LogP contribution in [0.2, 0.25) is 0 Å². The van der Waals surface area contributed by atoms with E-state index in [0.717, 1.165) is 25.7 Å². The Balaban J connectivity index is 2.87. The van der Waals surface area contributed by atoms with Crippen molar-refractivity contribution in [1.82, 2.24) is 9.88 Å². The fourth-order valence-corrected chi connectivity index (χ4v) is 1.81. The van der Waals surface area contributed by atoms with Gasteiger partial charge in [-0.15, -0.1) is 0 Å². The summed E-state index contributed by atoms with van der Waals surface area (Å²) < 4.78 is 13.8. The van der Waals surface area contributed by atoms with Gasteiger partial charge in [0.2, 0.25) is 0 Å². The van der Waals surface area contributed by atoms with Gasteiger partial charge in [0.05, 0.1) is 5.56 Å². The number of halogens is 1. The fourth-order valence-electron chi connectivity index (χ4n) is 1.81. The molecule has 1 amide bonds. The number of nitrogens with two attached hydrogens (primary N) is 1. The summed E-state index contributed by atoms with van der Waals surface area (Å²) in [6.45, 7) is 5.43. The van der Waals surface area contributed by atoms with Gasteiger partial charge in [0.1, 0.15) is 0 Å². The molecule has 1 rings (SSSR count). The molecule has 0 fully saturated rings. The SMILES string of the molecule is CCCCN(CCCC)C(=O)c1ccnc(N)c1F. The van der Waals surface area contributed by atoms with Crippen LogP contribution in [0.1, 0.15) is 49.9 Å². The Kier molecular flexibility index (Phi) is 6.25. The fraction of sp³-hybridized carbons (Fsp3) is 0.571. The first kappa shape index (κ1) is 15.4. The van der Waals surface area contributed by atoms with E-state index >= 15 is 0 Å². The Morgan fingerprint density at radius 1 is 1.32 bits per heavy atom. The number of carbonyl (C=O) groups excluding carboxylic acids is 1. The number of hydrogen-bond donors (Lipinski definition) is 1. The molecule has 1 heterocycles. The molecule has 0 aromatic carbocycles. The molecule has 0 aliphatic carbocycles. The normalized spacial score (nSPS) is 10.5. The molecule has 1 aromatic rings. The van der Waals surface area contributed by atoms with Gasteiger partial charge in [-0.05, 0) is 18.9 Å². The minimum atomic E-state index is -0.717. The maximum atomic E-state index is 13.8. The van der Waals surface area contributed by atoms with Gasteiger partial charge in [0, 0.05) is 19.3 Å². The molecule has 0 unspecified atom stereocenters. The lowest BCUT2D eigenvalue weighted by Crippen LogP contribution is -2.33. The summed E-state index contributed by atoms with van der Waals surface area (Å²) in [5.41, 5.74) is 5.42. The van der Waals surface area contributed by atoms with Crippen LogP contribution in [0.3, 0.4) is 0 Å². The molecule has 0 bridgehead atoms. The van der Waals surface area contributed by atoms with Crippen molar-refractivity contribution < 1.29 is 9.18 Å². The lowest BCUT2D eigenvalue weighted by Gasteiger charge is -2.22. The lowest BCUT2D eigenvalue weighted by molar-refractivity contribution is 0.0746. The first-order valence-corrected chi connectivity index (χ1v) is 6.81. The number of rotatable bonds is 7. The van der Waals surface area contributed by atoms with Gasteiger partial charge in [-0.3, -0.25) is 4.79 Å². The number of carbonyl (C=O) groups is 1. The van der Waals surface area contributed by atoms with Gasteiger partial charge in [0.15, 0.2) is 11.6 Å². The smallest absolute Gasteiger partial charge is 0.257 e. The highest BCUT2D eigenvalue weighted by molar-refractivity contribution is 5.95. The van der Waals surface area contributed by atoms with Crippen molar-refractivity contribution in [3.63, 3.8) is 0 Å². The van der Waals surface area contributed by atoms with Crippen molar-refractivity contribution in [2.45, 2.75) is 39.5 Å². The van der Waals surface area contributed by atoms with Crippen LogP contribution in [-0.4, -0.2) is 28.9 Å². The van der Waals surface area contributed by atoms with Crippen LogP contribution >= 0.6 is 0 Å². The van der Waals surface area contributed by atoms with Crippen molar-refractivity contribution >= 4 is 11.7 Å². The maximum Gasteiger partial charge on any atom is 0.257 e. The minimum Gasteiger partial charge on any atom is -0.381 e. The van der Waals surface area contributed by atoms with Crippen LogP contribution in [0.15, 0.2) is 12.3 Å². The van der Waals surface area contributed by atoms with E-state index < -0.39 is 5.82 Å². The molecule has 0 radical (unpaired) electrons. The second-order valence-corrected chi connectivity index (χ2v) is 4.56. The molecule has 0 atom stereocenters. The third kappa shape index (κ3) is 4.19. The number of aromatic nitrogens is 1. The highest BCUT2D eigenvalue weighted by atomic mass is 19.1. The van der Waals surface area contributed by atoms with Gasteiger partial charge in [-0.25, -0.2) is 9.37 Å². The predicted molar refractivity (Wildman–Crippen MR) is 74.3 cm³/mol. The molecule has 0 saturated carbocycles. The molecular weight excluding hydrogens is 245 g/mol. The lowest BCUT2D eigenvalue weighted by atomic mass is 10.2. The van der Waals surface area contributed by atoms with Crippen LogP contribution in [-0.2, 0) is 0 Å². The van der Waals surface area contributed by atoms with Crippen LogP contribution in [0.4, 0.5) is 10.2 Å². The number of unbranched alkanes of at least 4 members (excludes halogenated alkanes) is 2. The molecule has 5 heteroatoms. The van der Waals surface area contributed by atoms with Crippen molar-refractivity contribution in [3.05, 3.63) is 23.6 Å². The summed E-state index contributed by atoms with van der Waals surface area (Å²) in [6.07, 6.45) is 5.19. The van der Waals surface area contributed by atoms with Crippen LogP contribution in [0, 0.1) is 5.82 Å². The van der Waals surface area contributed by atoms with Crippen molar-refractivity contribution in [3.8, 4) is 0 Å².